The van der Waals surface area contributed by atoms with Gasteiger partial charge in [0.2, 0.25) is 0 Å². The molecule has 1 aromatic carbocycles. The SMILES string of the molecule is Cc1c(Br)cccc1[C@@H]1C[C@H]1CN.Cl. The van der Waals surface area contributed by atoms with Gasteiger partial charge in [0.05, 0.1) is 0 Å². The molecule has 78 valence electrons. The summed E-state index contributed by atoms with van der Waals surface area (Å²) in [5.74, 6) is 1.45. The van der Waals surface area contributed by atoms with Crippen molar-refractivity contribution >= 4 is 28.3 Å². The molecule has 0 bridgehead atoms. The molecule has 0 radical (unpaired) electrons. The highest BCUT2D eigenvalue weighted by Crippen LogP contribution is 2.48. The van der Waals surface area contributed by atoms with E-state index in [9.17, 15) is 0 Å². The van der Waals surface area contributed by atoms with Crippen LogP contribution in [-0.2, 0) is 0 Å². The average Bonchev–Trinajstić information content (AvgIpc) is 2.89. The van der Waals surface area contributed by atoms with Crippen LogP contribution in [-0.4, -0.2) is 6.54 Å². The lowest BCUT2D eigenvalue weighted by molar-refractivity contribution is 0.807. The highest BCUT2D eigenvalue weighted by atomic mass is 79.9. The first-order valence-corrected chi connectivity index (χ1v) is 5.48. The van der Waals surface area contributed by atoms with Crippen molar-refractivity contribution in [1.82, 2.24) is 0 Å². The number of rotatable bonds is 2. The zero-order valence-electron chi connectivity index (χ0n) is 8.16. The predicted molar refractivity (Wildman–Crippen MR) is 66.0 cm³/mol. The van der Waals surface area contributed by atoms with Crippen LogP contribution < -0.4 is 5.73 Å². The minimum Gasteiger partial charge on any atom is -0.330 e. The monoisotopic (exact) mass is 275 g/mol. The molecule has 1 aliphatic rings. The summed E-state index contributed by atoms with van der Waals surface area (Å²) in [6.07, 6.45) is 1.27. The van der Waals surface area contributed by atoms with Crippen LogP contribution in [0, 0.1) is 12.8 Å². The fraction of sp³-hybridized carbons (Fsp3) is 0.455. The van der Waals surface area contributed by atoms with Crippen LogP contribution in [0.4, 0.5) is 0 Å². The zero-order chi connectivity index (χ0) is 9.42. The molecular weight excluding hydrogens is 261 g/mol. The fourth-order valence-corrected chi connectivity index (χ4v) is 2.30. The molecule has 1 nitrogen and oxygen atoms in total. The molecule has 2 atom stereocenters. The van der Waals surface area contributed by atoms with Crippen molar-refractivity contribution in [1.29, 1.82) is 0 Å². The summed E-state index contributed by atoms with van der Waals surface area (Å²) in [5, 5.41) is 0. The molecule has 2 rings (SSSR count). The molecular formula is C11H15BrClN. The Bertz CT molecular complexity index is 327. The summed E-state index contributed by atoms with van der Waals surface area (Å²) < 4.78 is 1.22. The lowest BCUT2D eigenvalue weighted by atomic mass is 10.0. The molecule has 1 fully saturated rings. The smallest absolute Gasteiger partial charge is 0.0207 e. The zero-order valence-corrected chi connectivity index (χ0v) is 10.6. The van der Waals surface area contributed by atoms with Crippen LogP contribution in [0.2, 0.25) is 0 Å². The van der Waals surface area contributed by atoms with Gasteiger partial charge in [0, 0.05) is 4.47 Å². The Labute approximate surface area is 99.6 Å². The van der Waals surface area contributed by atoms with E-state index in [2.05, 4.69) is 41.1 Å². The predicted octanol–water partition coefficient (Wildman–Crippen LogP) is 3.24. The quantitative estimate of drug-likeness (QED) is 0.882. The third-order valence-corrected chi connectivity index (χ3v) is 3.79. The Hall–Kier alpha value is -0.0500. The van der Waals surface area contributed by atoms with E-state index in [0.717, 1.165) is 18.4 Å². The summed E-state index contributed by atoms with van der Waals surface area (Å²) in [4.78, 5) is 0. The third kappa shape index (κ3) is 2.13. The summed E-state index contributed by atoms with van der Waals surface area (Å²) in [6, 6.07) is 6.43. The van der Waals surface area contributed by atoms with E-state index >= 15 is 0 Å². The minimum atomic E-state index is 0. The van der Waals surface area contributed by atoms with Crippen molar-refractivity contribution in [2.75, 3.05) is 6.54 Å². The molecule has 0 spiro atoms. The highest BCUT2D eigenvalue weighted by molar-refractivity contribution is 9.10. The molecule has 1 aromatic rings. The molecule has 0 unspecified atom stereocenters. The number of halogens is 2. The van der Waals surface area contributed by atoms with Crippen LogP contribution >= 0.6 is 28.3 Å². The van der Waals surface area contributed by atoms with Crippen LogP contribution in [0.5, 0.6) is 0 Å². The number of benzene rings is 1. The van der Waals surface area contributed by atoms with Crippen molar-refractivity contribution in [2.45, 2.75) is 19.3 Å². The van der Waals surface area contributed by atoms with Gasteiger partial charge >= 0.3 is 0 Å². The topological polar surface area (TPSA) is 26.0 Å². The van der Waals surface area contributed by atoms with Gasteiger partial charge in [-0.1, -0.05) is 28.1 Å². The van der Waals surface area contributed by atoms with Crippen LogP contribution in [0.3, 0.4) is 0 Å². The third-order valence-electron chi connectivity index (χ3n) is 2.93. The molecule has 0 heterocycles. The Morgan fingerprint density at radius 1 is 1.50 bits per heavy atom. The normalized spacial score (nSPS) is 24.2. The van der Waals surface area contributed by atoms with E-state index < -0.39 is 0 Å². The molecule has 1 aliphatic carbocycles. The number of hydrogen-bond donors (Lipinski definition) is 1. The Balaban J connectivity index is 0.000000980. The first-order chi connectivity index (χ1) is 6.24. The van der Waals surface area contributed by atoms with E-state index in [0.29, 0.717) is 0 Å². The van der Waals surface area contributed by atoms with Gasteiger partial charge in [-0.3, -0.25) is 0 Å². The van der Waals surface area contributed by atoms with Crippen molar-refractivity contribution in [3.63, 3.8) is 0 Å². The Morgan fingerprint density at radius 2 is 2.21 bits per heavy atom. The van der Waals surface area contributed by atoms with Gasteiger partial charge in [0.1, 0.15) is 0 Å². The van der Waals surface area contributed by atoms with Crippen molar-refractivity contribution < 1.29 is 0 Å². The van der Waals surface area contributed by atoms with E-state index in [1.807, 2.05) is 0 Å². The van der Waals surface area contributed by atoms with Gasteiger partial charge in [-0.25, -0.2) is 0 Å². The maximum absolute atomic E-state index is 5.64. The van der Waals surface area contributed by atoms with Crippen molar-refractivity contribution in [2.24, 2.45) is 11.7 Å². The van der Waals surface area contributed by atoms with Gasteiger partial charge < -0.3 is 5.73 Å². The lowest BCUT2D eigenvalue weighted by Gasteiger charge is -2.06. The van der Waals surface area contributed by atoms with Crippen molar-refractivity contribution in [3.8, 4) is 0 Å². The Morgan fingerprint density at radius 3 is 2.79 bits per heavy atom. The fourth-order valence-electron chi connectivity index (χ4n) is 1.91. The summed E-state index contributed by atoms with van der Waals surface area (Å²) >= 11 is 3.55. The summed E-state index contributed by atoms with van der Waals surface area (Å²) in [7, 11) is 0. The second kappa shape index (κ2) is 4.65. The largest absolute Gasteiger partial charge is 0.330 e. The van der Waals surface area contributed by atoms with Crippen LogP contribution in [0.15, 0.2) is 22.7 Å². The standard InChI is InChI=1S/C11H14BrN.ClH/c1-7-9(3-2-4-11(7)12)10-5-8(10)6-13;/h2-4,8,10H,5-6,13H2,1H3;1H/t8-,10+;/m0./s1. The number of nitrogens with two attached hydrogens (primary N) is 1. The highest BCUT2D eigenvalue weighted by Gasteiger charge is 2.37. The molecule has 1 saturated carbocycles. The summed E-state index contributed by atoms with van der Waals surface area (Å²) in [6.45, 7) is 3.00. The summed E-state index contributed by atoms with van der Waals surface area (Å²) in [5.41, 5.74) is 8.49. The van der Waals surface area contributed by atoms with Crippen LogP contribution in [0.25, 0.3) is 0 Å². The van der Waals surface area contributed by atoms with E-state index in [-0.39, 0.29) is 12.4 Å². The lowest BCUT2D eigenvalue weighted by Crippen LogP contribution is -2.02. The van der Waals surface area contributed by atoms with Crippen LogP contribution in [0.1, 0.15) is 23.5 Å². The molecule has 0 aliphatic heterocycles. The second-order valence-electron chi connectivity index (χ2n) is 3.79. The van der Waals surface area contributed by atoms with Gasteiger partial charge in [0.15, 0.2) is 0 Å². The van der Waals surface area contributed by atoms with Gasteiger partial charge in [0.25, 0.3) is 0 Å². The van der Waals surface area contributed by atoms with Crippen molar-refractivity contribution in [3.05, 3.63) is 33.8 Å². The van der Waals surface area contributed by atoms with Gasteiger partial charge in [-0.15, -0.1) is 12.4 Å². The first-order valence-electron chi connectivity index (χ1n) is 4.69. The number of hydrogen-bond acceptors (Lipinski definition) is 1. The first kappa shape index (κ1) is 12.0. The average molecular weight is 277 g/mol. The maximum atomic E-state index is 5.64. The molecule has 0 amide bonds. The molecule has 14 heavy (non-hydrogen) atoms. The Kier molecular flexibility index (Phi) is 3.99. The van der Waals surface area contributed by atoms with E-state index in [1.54, 1.807) is 0 Å². The van der Waals surface area contributed by atoms with Gasteiger partial charge in [-0.2, -0.15) is 0 Å². The molecule has 0 saturated heterocycles. The molecule has 3 heteroatoms. The minimum absolute atomic E-state index is 0. The second-order valence-corrected chi connectivity index (χ2v) is 4.65. The maximum Gasteiger partial charge on any atom is 0.0207 e. The molecule has 2 N–H and O–H groups in total. The van der Waals surface area contributed by atoms with E-state index in [4.69, 9.17) is 5.73 Å². The molecule has 0 aromatic heterocycles. The van der Waals surface area contributed by atoms with Gasteiger partial charge in [-0.05, 0) is 48.9 Å². The van der Waals surface area contributed by atoms with E-state index in [1.165, 1.54) is 22.0 Å².